The van der Waals surface area contributed by atoms with E-state index in [1.165, 1.54) is 18.4 Å². The van der Waals surface area contributed by atoms with E-state index in [2.05, 4.69) is 35.0 Å². The van der Waals surface area contributed by atoms with Crippen LogP contribution in [-0.4, -0.2) is 12.6 Å². The van der Waals surface area contributed by atoms with Crippen LogP contribution in [0.1, 0.15) is 37.7 Å². The van der Waals surface area contributed by atoms with Crippen molar-refractivity contribution in [2.75, 3.05) is 6.54 Å². The largest absolute Gasteiger partial charge is 0.490 e. The molecule has 1 aromatic rings. The van der Waals surface area contributed by atoms with Crippen LogP contribution in [0.4, 0.5) is 0 Å². The molecule has 1 saturated carbocycles. The van der Waals surface area contributed by atoms with Crippen LogP contribution in [0.2, 0.25) is 0 Å². The SMILES string of the molecule is CC(CCN)c1cc(Br)ccc1OC1CC1. The lowest BCUT2D eigenvalue weighted by Gasteiger charge is -2.16. The normalized spacial score (nSPS) is 17.2. The number of hydrogen-bond donors (Lipinski definition) is 1. The van der Waals surface area contributed by atoms with Gasteiger partial charge < -0.3 is 10.5 Å². The number of rotatable bonds is 5. The molecule has 1 aromatic carbocycles. The second kappa shape index (κ2) is 5.19. The van der Waals surface area contributed by atoms with Gasteiger partial charge in [-0.05, 0) is 55.5 Å². The van der Waals surface area contributed by atoms with Gasteiger partial charge in [0, 0.05) is 4.47 Å². The first kappa shape index (κ1) is 11.9. The molecule has 2 nitrogen and oxygen atoms in total. The van der Waals surface area contributed by atoms with Crippen molar-refractivity contribution in [1.82, 2.24) is 0 Å². The van der Waals surface area contributed by atoms with E-state index < -0.39 is 0 Å². The molecule has 0 aromatic heterocycles. The molecule has 1 fully saturated rings. The van der Waals surface area contributed by atoms with Crippen molar-refractivity contribution in [3.63, 3.8) is 0 Å². The van der Waals surface area contributed by atoms with Gasteiger partial charge in [0.1, 0.15) is 5.75 Å². The quantitative estimate of drug-likeness (QED) is 0.899. The molecule has 1 atom stereocenters. The summed E-state index contributed by atoms with van der Waals surface area (Å²) in [6.45, 7) is 2.92. The van der Waals surface area contributed by atoms with Crippen LogP contribution < -0.4 is 10.5 Å². The van der Waals surface area contributed by atoms with Crippen LogP contribution in [0.25, 0.3) is 0 Å². The van der Waals surface area contributed by atoms with E-state index in [0.717, 1.165) is 23.2 Å². The molecule has 0 radical (unpaired) electrons. The second-order valence-corrected chi connectivity index (χ2v) is 5.39. The summed E-state index contributed by atoms with van der Waals surface area (Å²) in [6.07, 6.45) is 3.84. The fraction of sp³-hybridized carbons (Fsp3) is 0.538. The average molecular weight is 284 g/mol. The Labute approximate surface area is 105 Å². The van der Waals surface area contributed by atoms with Crippen LogP contribution in [0, 0.1) is 0 Å². The summed E-state index contributed by atoms with van der Waals surface area (Å²) in [5, 5.41) is 0. The Morgan fingerprint density at radius 3 is 2.88 bits per heavy atom. The molecule has 0 heterocycles. The molecule has 0 amide bonds. The van der Waals surface area contributed by atoms with E-state index in [9.17, 15) is 0 Å². The first-order chi connectivity index (χ1) is 7.70. The van der Waals surface area contributed by atoms with Crippen molar-refractivity contribution in [3.8, 4) is 5.75 Å². The van der Waals surface area contributed by atoms with Gasteiger partial charge in [-0.3, -0.25) is 0 Å². The van der Waals surface area contributed by atoms with Crippen molar-refractivity contribution < 1.29 is 4.74 Å². The first-order valence-corrected chi connectivity index (χ1v) is 6.66. The highest BCUT2D eigenvalue weighted by Gasteiger charge is 2.25. The van der Waals surface area contributed by atoms with E-state index in [-0.39, 0.29) is 0 Å². The predicted molar refractivity (Wildman–Crippen MR) is 69.9 cm³/mol. The summed E-state index contributed by atoms with van der Waals surface area (Å²) in [5.74, 6) is 1.49. The number of halogens is 1. The van der Waals surface area contributed by atoms with Gasteiger partial charge in [-0.2, -0.15) is 0 Å². The monoisotopic (exact) mass is 283 g/mol. The molecule has 0 bridgehead atoms. The van der Waals surface area contributed by atoms with Gasteiger partial charge in [0.2, 0.25) is 0 Å². The second-order valence-electron chi connectivity index (χ2n) is 4.48. The minimum atomic E-state index is 0.449. The fourth-order valence-electron chi connectivity index (χ4n) is 1.78. The number of ether oxygens (including phenoxy) is 1. The maximum absolute atomic E-state index is 5.92. The van der Waals surface area contributed by atoms with E-state index in [4.69, 9.17) is 10.5 Å². The molecular weight excluding hydrogens is 266 g/mol. The van der Waals surface area contributed by atoms with Gasteiger partial charge >= 0.3 is 0 Å². The lowest BCUT2D eigenvalue weighted by Crippen LogP contribution is -2.07. The zero-order valence-electron chi connectivity index (χ0n) is 9.58. The van der Waals surface area contributed by atoms with Gasteiger partial charge in [-0.15, -0.1) is 0 Å². The molecule has 3 heteroatoms. The van der Waals surface area contributed by atoms with E-state index >= 15 is 0 Å². The third-order valence-electron chi connectivity index (χ3n) is 2.92. The maximum Gasteiger partial charge on any atom is 0.123 e. The number of benzene rings is 1. The molecule has 1 aliphatic rings. The lowest BCUT2D eigenvalue weighted by molar-refractivity contribution is 0.298. The Morgan fingerprint density at radius 2 is 2.25 bits per heavy atom. The van der Waals surface area contributed by atoms with Gasteiger partial charge in [-0.1, -0.05) is 22.9 Å². The smallest absolute Gasteiger partial charge is 0.123 e. The van der Waals surface area contributed by atoms with Crippen molar-refractivity contribution in [2.24, 2.45) is 5.73 Å². The highest BCUT2D eigenvalue weighted by atomic mass is 79.9. The first-order valence-electron chi connectivity index (χ1n) is 5.87. The van der Waals surface area contributed by atoms with Gasteiger partial charge in [0.25, 0.3) is 0 Å². The standard InChI is InChI=1S/C13H18BrNO/c1-9(6-7-15)12-8-10(14)2-5-13(12)16-11-3-4-11/h2,5,8-9,11H,3-4,6-7,15H2,1H3. The van der Waals surface area contributed by atoms with Crippen LogP contribution in [0.5, 0.6) is 5.75 Å². The summed E-state index contributed by atoms with van der Waals surface area (Å²) in [6, 6.07) is 6.25. The highest BCUT2D eigenvalue weighted by Crippen LogP contribution is 2.35. The average Bonchev–Trinajstić information content (AvgIpc) is 3.05. The third-order valence-corrected chi connectivity index (χ3v) is 3.41. The summed E-state index contributed by atoms with van der Waals surface area (Å²) in [5.41, 5.74) is 6.89. The van der Waals surface area contributed by atoms with Crippen molar-refractivity contribution >= 4 is 15.9 Å². The summed E-state index contributed by atoms with van der Waals surface area (Å²) in [7, 11) is 0. The van der Waals surface area contributed by atoms with Crippen LogP contribution in [-0.2, 0) is 0 Å². The summed E-state index contributed by atoms with van der Waals surface area (Å²) >= 11 is 3.51. The highest BCUT2D eigenvalue weighted by molar-refractivity contribution is 9.10. The Kier molecular flexibility index (Phi) is 3.87. The summed E-state index contributed by atoms with van der Waals surface area (Å²) in [4.78, 5) is 0. The molecule has 0 aliphatic heterocycles. The Hall–Kier alpha value is -0.540. The van der Waals surface area contributed by atoms with E-state index in [1.807, 2.05) is 6.07 Å². The van der Waals surface area contributed by atoms with Gasteiger partial charge in [-0.25, -0.2) is 0 Å². The fourth-order valence-corrected chi connectivity index (χ4v) is 2.16. The third kappa shape index (κ3) is 2.98. The van der Waals surface area contributed by atoms with Crippen LogP contribution in [0.3, 0.4) is 0 Å². The lowest BCUT2D eigenvalue weighted by atomic mass is 9.97. The maximum atomic E-state index is 5.92. The number of hydrogen-bond acceptors (Lipinski definition) is 2. The Morgan fingerprint density at radius 1 is 1.50 bits per heavy atom. The molecule has 0 spiro atoms. The Balaban J connectivity index is 2.19. The molecule has 0 saturated heterocycles. The predicted octanol–water partition coefficient (Wildman–Crippen LogP) is 3.44. The molecular formula is C13H18BrNO. The van der Waals surface area contributed by atoms with E-state index in [0.29, 0.717) is 12.0 Å². The van der Waals surface area contributed by atoms with Crippen LogP contribution >= 0.6 is 15.9 Å². The minimum Gasteiger partial charge on any atom is -0.490 e. The van der Waals surface area contributed by atoms with Gasteiger partial charge in [0.15, 0.2) is 0 Å². The molecule has 1 unspecified atom stereocenters. The zero-order chi connectivity index (χ0) is 11.5. The molecule has 2 N–H and O–H groups in total. The molecule has 16 heavy (non-hydrogen) atoms. The number of nitrogens with two attached hydrogens (primary N) is 1. The minimum absolute atomic E-state index is 0.449. The van der Waals surface area contributed by atoms with Crippen molar-refractivity contribution in [3.05, 3.63) is 28.2 Å². The van der Waals surface area contributed by atoms with Crippen LogP contribution in [0.15, 0.2) is 22.7 Å². The topological polar surface area (TPSA) is 35.2 Å². The molecule has 2 rings (SSSR count). The summed E-state index contributed by atoms with van der Waals surface area (Å²) < 4.78 is 7.02. The molecule has 88 valence electrons. The molecule has 1 aliphatic carbocycles. The van der Waals surface area contributed by atoms with Crippen molar-refractivity contribution in [2.45, 2.75) is 38.2 Å². The van der Waals surface area contributed by atoms with E-state index in [1.54, 1.807) is 0 Å². The zero-order valence-corrected chi connectivity index (χ0v) is 11.2. The van der Waals surface area contributed by atoms with Crippen molar-refractivity contribution in [1.29, 1.82) is 0 Å². The Bertz CT molecular complexity index is 363. The van der Waals surface area contributed by atoms with Gasteiger partial charge in [0.05, 0.1) is 6.10 Å².